The predicted octanol–water partition coefficient (Wildman–Crippen LogP) is 2.91. The summed E-state index contributed by atoms with van der Waals surface area (Å²) in [7, 11) is 0. The van der Waals surface area contributed by atoms with Crippen LogP contribution in [0.4, 0.5) is 5.69 Å². The summed E-state index contributed by atoms with van der Waals surface area (Å²) >= 11 is 0. The van der Waals surface area contributed by atoms with E-state index < -0.39 is 0 Å². The van der Waals surface area contributed by atoms with E-state index in [1.54, 1.807) is 0 Å². The van der Waals surface area contributed by atoms with E-state index >= 15 is 0 Å². The number of benzene rings is 1. The molecule has 0 saturated heterocycles. The molecule has 1 N–H and O–H groups in total. The normalized spacial score (nSPS) is 12.5. The van der Waals surface area contributed by atoms with Crippen LogP contribution in [0.1, 0.15) is 26.3 Å². The summed E-state index contributed by atoms with van der Waals surface area (Å²) < 4.78 is 0. The number of aryl methyl sites for hydroxylation is 1. The van der Waals surface area contributed by atoms with Crippen molar-refractivity contribution in [3.05, 3.63) is 29.8 Å². The number of hydrogen-bond donors (Lipinski definition) is 1. The van der Waals surface area contributed by atoms with Crippen molar-refractivity contribution in [1.82, 2.24) is 4.90 Å². The first-order valence-electron chi connectivity index (χ1n) is 6.66. The maximum Gasteiger partial charge on any atom is 0.228 e. The molecule has 1 atom stereocenters. The van der Waals surface area contributed by atoms with Crippen molar-refractivity contribution >= 4 is 11.6 Å². The molecular weight excluding hydrogens is 224 g/mol. The summed E-state index contributed by atoms with van der Waals surface area (Å²) in [5.74, 6) is 0.0944. The first-order valence-corrected chi connectivity index (χ1v) is 6.66. The Morgan fingerprint density at radius 3 is 2.28 bits per heavy atom. The second kappa shape index (κ2) is 7.17. The smallest absolute Gasteiger partial charge is 0.228 e. The third-order valence-corrected chi connectivity index (χ3v) is 3.19. The number of carbonyl (C=O) groups excluding carboxylic acids is 1. The van der Waals surface area contributed by atoms with Crippen molar-refractivity contribution in [2.75, 3.05) is 25.0 Å². The molecule has 0 fully saturated rings. The molecule has 0 spiro atoms. The SMILES string of the molecule is CCN(CC)C[C@@H](C)C(=O)Nc1ccc(C)cc1. The van der Waals surface area contributed by atoms with Gasteiger partial charge in [0.1, 0.15) is 0 Å². The lowest BCUT2D eigenvalue weighted by molar-refractivity contribution is -0.119. The fourth-order valence-electron chi connectivity index (χ4n) is 1.85. The summed E-state index contributed by atoms with van der Waals surface area (Å²) in [6, 6.07) is 7.89. The molecule has 1 aromatic rings. The molecule has 3 heteroatoms. The van der Waals surface area contributed by atoms with Crippen LogP contribution in [0.15, 0.2) is 24.3 Å². The number of nitrogens with zero attached hydrogens (tertiary/aromatic N) is 1. The number of hydrogen-bond acceptors (Lipinski definition) is 2. The second-order valence-corrected chi connectivity index (χ2v) is 4.74. The summed E-state index contributed by atoms with van der Waals surface area (Å²) in [4.78, 5) is 14.3. The van der Waals surface area contributed by atoms with Gasteiger partial charge in [-0.05, 0) is 32.1 Å². The van der Waals surface area contributed by atoms with E-state index in [2.05, 4.69) is 24.1 Å². The third-order valence-electron chi connectivity index (χ3n) is 3.19. The average Bonchev–Trinajstić information content (AvgIpc) is 2.38. The van der Waals surface area contributed by atoms with Gasteiger partial charge in [-0.15, -0.1) is 0 Å². The average molecular weight is 248 g/mol. The Morgan fingerprint density at radius 1 is 1.22 bits per heavy atom. The Morgan fingerprint density at radius 2 is 1.78 bits per heavy atom. The minimum atomic E-state index is 0.00574. The maximum absolute atomic E-state index is 12.0. The Kier molecular flexibility index (Phi) is 5.86. The summed E-state index contributed by atoms with van der Waals surface area (Å²) in [5, 5.41) is 2.96. The van der Waals surface area contributed by atoms with Gasteiger partial charge < -0.3 is 10.2 Å². The van der Waals surface area contributed by atoms with Crippen molar-refractivity contribution < 1.29 is 4.79 Å². The molecule has 0 unspecified atom stereocenters. The van der Waals surface area contributed by atoms with Gasteiger partial charge in [-0.25, -0.2) is 0 Å². The van der Waals surface area contributed by atoms with Crippen molar-refractivity contribution in [3.8, 4) is 0 Å². The van der Waals surface area contributed by atoms with Crippen LogP contribution in [-0.4, -0.2) is 30.4 Å². The van der Waals surface area contributed by atoms with Gasteiger partial charge in [0.25, 0.3) is 0 Å². The molecule has 1 aromatic carbocycles. The number of carbonyl (C=O) groups is 1. The Bertz CT molecular complexity index is 369. The Labute approximate surface area is 110 Å². The molecule has 0 bridgehead atoms. The monoisotopic (exact) mass is 248 g/mol. The highest BCUT2D eigenvalue weighted by Gasteiger charge is 2.15. The lowest BCUT2D eigenvalue weighted by Crippen LogP contribution is -2.34. The van der Waals surface area contributed by atoms with Gasteiger partial charge in [0.2, 0.25) is 5.91 Å². The zero-order valence-corrected chi connectivity index (χ0v) is 11.9. The van der Waals surface area contributed by atoms with E-state index in [1.165, 1.54) is 5.56 Å². The van der Waals surface area contributed by atoms with E-state index in [-0.39, 0.29) is 11.8 Å². The molecule has 0 heterocycles. The van der Waals surface area contributed by atoms with Crippen molar-refractivity contribution in [2.45, 2.75) is 27.7 Å². The Balaban J connectivity index is 2.51. The molecule has 18 heavy (non-hydrogen) atoms. The van der Waals surface area contributed by atoms with Crippen LogP contribution in [0, 0.1) is 12.8 Å². The van der Waals surface area contributed by atoms with Crippen LogP contribution in [0.25, 0.3) is 0 Å². The molecule has 100 valence electrons. The second-order valence-electron chi connectivity index (χ2n) is 4.74. The quantitative estimate of drug-likeness (QED) is 0.839. The van der Waals surface area contributed by atoms with Crippen molar-refractivity contribution in [3.63, 3.8) is 0 Å². The minimum absolute atomic E-state index is 0.00574. The number of amides is 1. The van der Waals surface area contributed by atoms with E-state index in [9.17, 15) is 4.79 Å². The highest BCUT2D eigenvalue weighted by atomic mass is 16.1. The number of rotatable bonds is 6. The third kappa shape index (κ3) is 4.49. The van der Waals surface area contributed by atoms with Gasteiger partial charge in [-0.3, -0.25) is 4.79 Å². The molecule has 3 nitrogen and oxygen atoms in total. The van der Waals surface area contributed by atoms with E-state index in [1.807, 2.05) is 38.1 Å². The van der Waals surface area contributed by atoms with Gasteiger partial charge >= 0.3 is 0 Å². The molecule has 0 saturated carbocycles. The standard InChI is InChI=1S/C15H24N2O/c1-5-17(6-2)11-13(4)15(18)16-14-9-7-12(3)8-10-14/h7-10,13H,5-6,11H2,1-4H3,(H,16,18)/t13-/m1/s1. The molecule has 1 rings (SSSR count). The first kappa shape index (κ1) is 14.7. The molecule has 0 aromatic heterocycles. The summed E-state index contributed by atoms with van der Waals surface area (Å²) in [5.41, 5.74) is 2.07. The highest BCUT2D eigenvalue weighted by molar-refractivity contribution is 5.92. The van der Waals surface area contributed by atoms with Crippen LogP contribution < -0.4 is 5.32 Å². The van der Waals surface area contributed by atoms with Gasteiger partial charge in [-0.1, -0.05) is 38.5 Å². The van der Waals surface area contributed by atoms with Crippen LogP contribution >= 0.6 is 0 Å². The van der Waals surface area contributed by atoms with E-state index in [4.69, 9.17) is 0 Å². The molecule has 0 aliphatic rings. The molecular formula is C15H24N2O. The molecule has 1 amide bonds. The van der Waals surface area contributed by atoms with E-state index in [0.717, 1.165) is 25.3 Å². The maximum atomic E-state index is 12.0. The summed E-state index contributed by atoms with van der Waals surface area (Å²) in [6.07, 6.45) is 0. The van der Waals surface area contributed by atoms with Gasteiger partial charge in [0.05, 0.1) is 0 Å². The minimum Gasteiger partial charge on any atom is -0.326 e. The van der Waals surface area contributed by atoms with Gasteiger partial charge in [0.15, 0.2) is 0 Å². The largest absolute Gasteiger partial charge is 0.326 e. The number of anilines is 1. The highest BCUT2D eigenvalue weighted by Crippen LogP contribution is 2.11. The van der Waals surface area contributed by atoms with Crippen LogP contribution in [0.5, 0.6) is 0 Å². The molecule has 0 aliphatic heterocycles. The predicted molar refractivity (Wildman–Crippen MR) is 76.8 cm³/mol. The van der Waals surface area contributed by atoms with Crippen LogP contribution in [-0.2, 0) is 4.79 Å². The lowest BCUT2D eigenvalue weighted by Gasteiger charge is -2.22. The fraction of sp³-hybridized carbons (Fsp3) is 0.533. The van der Waals surface area contributed by atoms with Crippen LogP contribution in [0.3, 0.4) is 0 Å². The molecule has 0 aliphatic carbocycles. The first-order chi connectivity index (χ1) is 8.56. The van der Waals surface area contributed by atoms with E-state index in [0.29, 0.717) is 0 Å². The zero-order chi connectivity index (χ0) is 13.5. The van der Waals surface area contributed by atoms with Crippen molar-refractivity contribution in [2.24, 2.45) is 5.92 Å². The summed E-state index contributed by atoms with van der Waals surface area (Å²) in [6.45, 7) is 11.0. The number of nitrogens with one attached hydrogen (secondary N) is 1. The topological polar surface area (TPSA) is 32.3 Å². The fourth-order valence-corrected chi connectivity index (χ4v) is 1.85. The zero-order valence-electron chi connectivity index (χ0n) is 11.9. The van der Waals surface area contributed by atoms with Gasteiger partial charge in [0, 0.05) is 18.2 Å². The lowest BCUT2D eigenvalue weighted by atomic mass is 10.1. The van der Waals surface area contributed by atoms with Crippen molar-refractivity contribution in [1.29, 1.82) is 0 Å². The molecule has 0 radical (unpaired) electrons. The van der Waals surface area contributed by atoms with Gasteiger partial charge in [-0.2, -0.15) is 0 Å². The Hall–Kier alpha value is -1.35. The van der Waals surface area contributed by atoms with Crippen LogP contribution in [0.2, 0.25) is 0 Å².